The summed E-state index contributed by atoms with van der Waals surface area (Å²) in [5, 5.41) is 0. The fourth-order valence-corrected chi connectivity index (χ4v) is 2.64. The van der Waals surface area contributed by atoms with E-state index in [1.165, 1.54) is 12.7 Å². The molecule has 1 atom stereocenters. The number of hydrogen-bond donors (Lipinski definition) is 1. The van der Waals surface area contributed by atoms with Gasteiger partial charge in [-0.2, -0.15) is 0 Å². The van der Waals surface area contributed by atoms with E-state index >= 15 is 0 Å². The summed E-state index contributed by atoms with van der Waals surface area (Å²) in [5.41, 5.74) is 7.93. The van der Waals surface area contributed by atoms with Gasteiger partial charge >= 0.3 is 5.97 Å². The van der Waals surface area contributed by atoms with Crippen molar-refractivity contribution in [3.05, 3.63) is 29.3 Å². The predicted molar refractivity (Wildman–Crippen MR) is 77.6 cm³/mol. The lowest BCUT2D eigenvalue weighted by molar-refractivity contribution is -0.151. The fourth-order valence-electron chi connectivity index (χ4n) is 2.64. The van der Waals surface area contributed by atoms with Crippen molar-refractivity contribution < 1.29 is 14.3 Å². The Balaban J connectivity index is 2.13. The Morgan fingerprint density at radius 3 is 2.95 bits per heavy atom. The van der Waals surface area contributed by atoms with E-state index in [0.29, 0.717) is 6.42 Å². The Bertz CT molecular complexity index is 496. The van der Waals surface area contributed by atoms with Gasteiger partial charge in [-0.25, -0.2) is 0 Å². The van der Waals surface area contributed by atoms with Crippen molar-refractivity contribution in [1.29, 1.82) is 0 Å². The summed E-state index contributed by atoms with van der Waals surface area (Å²) in [4.78, 5) is 11.7. The molecule has 0 aliphatic carbocycles. The molecule has 1 aliphatic heterocycles. The third kappa shape index (κ3) is 3.12. The highest BCUT2D eigenvalue weighted by molar-refractivity contribution is 5.75. The molecule has 1 unspecified atom stereocenters. The molecule has 4 heteroatoms. The van der Waals surface area contributed by atoms with Gasteiger partial charge < -0.3 is 15.2 Å². The maximum absolute atomic E-state index is 11.7. The largest absolute Gasteiger partial charge is 0.493 e. The van der Waals surface area contributed by atoms with Crippen LogP contribution in [0.4, 0.5) is 0 Å². The summed E-state index contributed by atoms with van der Waals surface area (Å²) in [7, 11) is 1.41. The molecule has 1 heterocycles. The Hall–Kier alpha value is -1.55. The summed E-state index contributed by atoms with van der Waals surface area (Å²) >= 11 is 0. The van der Waals surface area contributed by atoms with Gasteiger partial charge in [0.05, 0.1) is 19.1 Å². The molecular weight excluding hydrogens is 254 g/mol. The maximum atomic E-state index is 11.7. The second-order valence-electron chi connectivity index (χ2n) is 6.01. The van der Waals surface area contributed by atoms with Crippen LogP contribution >= 0.6 is 0 Å². The first kappa shape index (κ1) is 14.9. The second kappa shape index (κ2) is 5.83. The lowest BCUT2D eigenvalue weighted by Gasteiger charge is -2.26. The fraction of sp³-hybridized carbons (Fsp3) is 0.562. The lowest BCUT2D eigenvalue weighted by Crippen LogP contribution is -2.30. The van der Waals surface area contributed by atoms with Crippen molar-refractivity contribution in [3.63, 3.8) is 0 Å². The summed E-state index contributed by atoms with van der Waals surface area (Å²) in [6.45, 7) is 4.51. The van der Waals surface area contributed by atoms with Gasteiger partial charge in [0.25, 0.3) is 0 Å². The topological polar surface area (TPSA) is 61.5 Å². The second-order valence-corrected chi connectivity index (χ2v) is 6.01. The highest BCUT2D eigenvalue weighted by Crippen LogP contribution is 2.33. The van der Waals surface area contributed by atoms with Gasteiger partial charge in [-0.15, -0.1) is 0 Å². The predicted octanol–water partition coefficient (Wildman–Crippen LogP) is 2.60. The molecule has 4 nitrogen and oxygen atoms in total. The van der Waals surface area contributed by atoms with Crippen molar-refractivity contribution in [2.45, 2.75) is 39.2 Å². The SMILES string of the molecule is COC(=O)C(C)(C)CC(N)c1ccc2c(c1)CCCO2. The first-order valence-electron chi connectivity index (χ1n) is 7.03. The van der Waals surface area contributed by atoms with Gasteiger partial charge in [0.15, 0.2) is 0 Å². The summed E-state index contributed by atoms with van der Waals surface area (Å²) < 4.78 is 10.4. The normalized spacial score (nSPS) is 16.0. The van der Waals surface area contributed by atoms with Gasteiger partial charge in [0.2, 0.25) is 0 Å². The van der Waals surface area contributed by atoms with E-state index in [4.69, 9.17) is 15.2 Å². The molecule has 20 heavy (non-hydrogen) atoms. The molecule has 0 fully saturated rings. The molecular formula is C16H23NO3. The summed E-state index contributed by atoms with van der Waals surface area (Å²) in [5.74, 6) is 0.730. The molecule has 0 radical (unpaired) electrons. The van der Waals surface area contributed by atoms with Crippen molar-refractivity contribution in [2.24, 2.45) is 11.1 Å². The van der Waals surface area contributed by atoms with E-state index in [9.17, 15) is 4.79 Å². The first-order chi connectivity index (χ1) is 9.44. The minimum absolute atomic E-state index is 0.184. The number of fused-ring (bicyclic) bond motifs is 1. The standard InChI is InChI=1S/C16H23NO3/c1-16(2,15(18)19-3)10-13(17)11-6-7-14-12(9-11)5-4-8-20-14/h6-7,9,13H,4-5,8,10,17H2,1-3H3. The number of ether oxygens (including phenoxy) is 2. The summed E-state index contributed by atoms with van der Waals surface area (Å²) in [6.07, 6.45) is 2.62. The van der Waals surface area contributed by atoms with Gasteiger partial charge in [-0.05, 0) is 50.3 Å². The van der Waals surface area contributed by atoms with Crippen molar-refractivity contribution in [3.8, 4) is 5.75 Å². The van der Waals surface area contributed by atoms with Crippen LogP contribution in [0.25, 0.3) is 0 Å². The molecule has 1 aliphatic rings. The number of carbonyl (C=O) groups is 1. The average Bonchev–Trinajstić information content (AvgIpc) is 2.45. The van der Waals surface area contributed by atoms with Crippen LogP contribution in [0.2, 0.25) is 0 Å². The lowest BCUT2D eigenvalue weighted by atomic mass is 9.83. The van der Waals surface area contributed by atoms with Gasteiger partial charge in [-0.3, -0.25) is 4.79 Å². The van der Waals surface area contributed by atoms with Crippen LogP contribution in [-0.2, 0) is 16.0 Å². The van der Waals surface area contributed by atoms with Crippen LogP contribution in [-0.4, -0.2) is 19.7 Å². The molecule has 0 aromatic heterocycles. The Labute approximate surface area is 120 Å². The zero-order valence-corrected chi connectivity index (χ0v) is 12.4. The molecule has 0 bridgehead atoms. The zero-order chi connectivity index (χ0) is 14.8. The minimum atomic E-state index is -0.583. The van der Waals surface area contributed by atoms with Crippen LogP contribution in [0.1, 0.15) is 43.9 Å². The Morgan fingerprint density at radius 2 is 2.25 bits per heavy atom. The van der Waals surface area contributed by atoms with Crippen molar-refractivity contribution in [2.75, 3.05) is 13.7 Å². The third-order valence-corrected chi connectivity index (χ3v) is 3.83. The highest BCUT2D eigenvalue weighted by atomic mass is 16.5. The van der Waals surface area contributed by atoms with E-state index in [1.807, 2.05) is 26.0 Å². The zero-order valence-electron chi connectivity index (χ0n) is 12.4. The molecule has 110 valence electrons. The van der Waals surface area contributed by atoms with E-state index in [0.717, 1.165) is 30.8 Å². The number of esters is 1. The quantitative estimate of drug-likeness (QED) is 0.859. The first-order valence-corrected chi connectivity index (χ1v) is 7.03. The molecule has 0 saturated heterocycles. The van der Waals surface area contributed by atoms with E-state index < -0.39 is 5.41 Å². The highest BCUT2D eigenvalue weighted by Gasteiger charge is 2.31. The molecule has 0 saturated carbocycles. The monoisotopic (exact) mass is 277 g/mol. The molecule has 1 aromatic carbocycles. The van der Waals surface area contributed by atoms with Crippen LogP contribution < -0.4 is 10.5 Å². The smallest absolute Gasteiger partial charge is 0.311 e. The molecule has 1 aromatic rings. The number of hydrogen-bond acceptors (Lipinski definition) is 4. The van der Waals surface area contributed by atoms with Crippen molar-refractivity contribution in [1.82, 2.24) is 0 Å². The Morgan fingerprint density at radius 1 is 1.50 bits per heavy atom. The van der Waals surface area contributed by atoms with Crippen LogP contribution in [0.5, 0.6) is 5.75 Å². The summed E-state index contributed by atoms with van der Waals surface area (Å²) in [6, 6.07) is 5.89. The van der Waals surface area contributed by atoms with E-state index in [-0.39, 0.29) is 12.0 Å². The molecule has 2 rings (SSSR count). The van der Waals surface area contributed by atoms with Crippen LogP contribution in [0, 0.1) is 5.41 Å². The third-order valence-electron chi connectivity index (χ3n) is 3.83. The number of nitrogens with two attached hydrogens (primary N) is 1. The number of benzene rings is 1. The van der Waals surface area contributed by atoms with Gasteiger partial charge in [0.1, 0.15) is 5.75 Å². The van der Waals surface area contributed by atoms with Gasteiger partial charge in [-0.1, -0.05) is 12.1 Å². The number of methoxy groups -OCH3 is 1. The number of rotatable bonds is 4. The minimum Gasteiger partial charge on any atom is -0.493 e. The van der Waals surface area contributed by atoms with Crippen LogP contribution in [0.15, 0.2) is 18.2 Å². The maximum Gasteiger partial charge on any atom is 0.311 e. The van der Waals surface area contributed by atoms with Crippen molar-refractivity contribution >= 4 is 5.97 Å². The van der Waals surface area contributed by atoms with E-state index in [2.05, 4.69) is 6.07 Å². The molecule has 2 N–H and O–H groups in total. The Kier molecular flexibility index (Phi) is 4.33. The van der Waals surface area contributed by atoms with Gasteiger partial charge in [0, 0.05) is 6.04 Å². The molecule has 0 spiro atoms. The van der Waals surface area contributed by atoms with Crippen LogP contribution in [0.3, 0.4) is 0 Å². The number of carbonyl (C=O) groups excluding carboxylic acids is 1. The number of aryl methyl sites for hydroxylation is 1. The average molecular weight is 277 g/mol. The van der Waals surface area contributed by atoms with E-state index in [1.54, 1.807) is 0 Å². The molecule has 0 amide bonds.